The number of fused-ring (bicyclic) bond motifs is 4. The summed E-state index contributed by atoms with van der Waals surface area (Å²) in [6, 6.07) is 12.0. The van der Waals surface area contributed by atoms with Crippen LogP contribution in [0.3, 0.4) is 0 Å². The van der Waals surface area contributed by atoms with Crippen molar-refractivity contribution in [3.05, 3.63) is 63.0 Å². The predicted molar refractivity (Wildman–Crippen MR) is 144 cm³/mol. The minimum Gasteiger partial charge on any atom is -0.462 e. The number of amides is 1. The van der Waals surface area contributed by atoms with E-state index in [-0.39, 0.29) is 12.5 Å². The number of rotatable bonds is 7. The molecule has 0 saturated carbocycles. The zero-order chi connectivity index (χ0) is 24.5. The van der Waals surface area contributed by atoms with Gasteiger partial charge in [-0.1, -0.05) is 37.6 Å². The van der Waals surface area contributed by atoms with Gasteiger partial charge in [0.25, 0.3) is 5.91 Å². The van der Waals surface area contributed by atoms with Crippen molar-refractivity contribution in [1.82, 2.24) is 4.98 Å². The van der Waals surface area contributed by atoms with Crippen molar-refractivity contribution in [2.24, 2.45) is 0 Å². The van der Waals surface area contributed by atoms with Crippen LogP contribution < -0.4 is 11.1 Å². The lowest BCUT2D eigenvalue weighted by atomic mass is 9.88. The lowest BCUT2D eigenvalue weighted by Crippen LogP contribution is -2.15. The molecule has 180 valence electrons. The van der Waals surface area contributed by atoms with Crippen molar-refractivity contribution in [1.29, 1.82) is 0 Å². The summed E-state index contributed by atoms with van der Waals surface area (Å²) in [4.78, 5) is 33.4. The van der Waals surface area contributed by atoms with E-state index in [2.05, 4.69) is 18.3 Å². The number of pyridine rings is 1. The Hall–Kier alpha value is -3.23. The van der Waals surface area contributed by atoms with Crippen LogP contribution in [0.2, 0.25) is 0 Å². The van der Waals surface area contributed by atoms with E-state index in [4.69, 9.17) is 15.5 Å². The van der Waals surface area contributed by atoms with Crippen molar-refractivity contribution in [3.8, 4) is 11.1 Å². The number of aryl methyl sites for hydroxylation is 3. The molecule has 1 amide bonds. The van der Waals surface area contributed by atoms with Crippen molar-refractivity contribution < 1.29 is 14.3 Å². The number of unbranched alkanes of at least 4 members (excludes halogenated alkanes) is 1. The highest BCUT2D eigenvalue weighted by Gasteiger charge is 2.31. The molecule has 0 radical (unpaired) electrons. The maximum atomic E-state index is 13.4. The average Bonchev–Trinajstić information content (AvgIpc) is 3.40. The zero-order valence-corrected chi connectivity index (χ0v) is 21.4. The topological polar surface area (TPSA) is 94.3 Å². The summed E-state index contributed by atoms with van der Waals surface area (Å²) < 4.78 is 5.40. The van der Waals surface area contributed by atoms with E-state index >= 15 is 0 Å². The molecule has 8 heteroatoms. The van der Waals surface area contributed by atoms with Crippen LogP contribution in [0.15, 0.2) is 36.4 Å². The predicted octanol–water partition coefficient (Wildman–Crippen LogP) is 6.48. The van der Waals surface area contributed by atoms with Gasteiger partial charge in [0.2, 0.25) is 0 Å². The van der Waals surface area contributed by atoms with E-state index in [0.29, 0.717) is 21.1 Å². The van der Waals surface area contributed by atoms with Gasteiger partial charge in [-0.05, 0) is 55.9 Å². The monoisotopic (exact) mass is 505 g/mol. The number of benzene rings is 1. The Balaban J connectivity index is 1.52. The first kappa shape index (κ1) is 23.5. The number of ether oxygens (including phenoxy) is 1. The third kappa shape index (κ3) is 4.32. The second-order valence-corrected chi connectivity index (χ2v) is 10.6. The van der Waals surface area contributed by atoms with Crippen LogP contribution in [0.5, 0.6) is 0 Å². The van der Waals surface area contributed by atoms with E-state index in [1.807, 2.05) is 30.3 Å². The van der Waals surface area contributed by atoms with Crippen molar-refractivity contribution in [2.75, 3.05) is 17.7 Å². The lowest BCUT2D eigenvalue weighted by molar-refractivity contribution is 0.0529. The number of nitrogens with zero attached hydrogens (tertiary/aromatic N) is 1. The molecule has 35 heavy (non-hydrogen) atoms. The van der Waals surface area contributed by atoms with E-state index in [0.717, 1.165) is 64.0 Å². The second kappa shape index (κ2) is 9.79. The highest BCUT2D eigenvalue weighted by atomic mass is 32.1. The maximum Gasteiger partial charge on any atom is 0.341 e. The Labute approximate surface area is 212 Å². The van der Waals surface area contributed by atoms with Gasteiger partial charge in [-0.2, -0.15) is 0 Å². The second-order valence-electron chi connectivity index (χ2n) is 8.54. The first-order chi connectivity index (χ1) is 17.0. The average molecular weight is 506 g/mol. The number of hydrogen-bond acceptors (Lipinski definition) is 7. The minimum atomic E-state index is -0.427. The van der Waals surface area contributed by atoms with Gasteiger partial charge < -0.3 is 15.8 Å². The number of nitrogens with two attached hydrogens (primary N) is 1. The molecule has 1 aliphatic rings. The fourth-order valence-corrected chi connectivity index (χ4v) is 6.72. The Morgan fingerprint density at radius 1 is 1.11 bits per heavy atom. The molecule has 0 bridgehead atoms. The van der Waals surface area contributed by atoms with Crippen LogP contribution in [0, 0.1) is 0 Å². The molecule has 4 aromatic rings. The van der Waals surface area contributed by atoms with Gasteiger partial charge in [-0.25, -0.2) is 9.78 Å². The normalized spacial score (nSPS) is 12.3. The number of carbonyl (C=O) groups excluding carboxylic acids is 2. The number of esters is 1. The summed E-state index contributed by atoms with van der Waals surface area (Å²) in [7, 11) is 0. The van der Waals surface area contributed by atoms with Crippen LogP contribution in [0.1, 0.15) is 62.9 Å². The molecule has 0 saturated heterocycles. The third-order valence-electron chi connectivity index (χ3n) is 6.24. The van der Waals surface area contributed by atoms with Gasteiger partial charge in [0.1, 0.15) is 20.3 Å². The molecule has 0 fully saturated rings. The lowest BCUT2D eigenvalue weighted by Gasteiger charge is -2.17. The van der Waals surface area contributed by atoms with Gasteiger partial charge in [-0.15, -0.1) is 22.7 Å². The molecule has 1 aliphatic carbocycles. The summed E-state index contributed by atoms with van der Waals surface area (Å²) in [5.41, 5.74) is 11.3. The summed E-state index contributed by atoms with van der Waals surface area (Å²) in [5.74, 6) is -0.762. The van der Waals surface area contributed by atoms with Crippen molar-refractivity contribution >= 4 is 55.5 Å². The van der Waals surface area contributed by atoms with Gasteiger partial charge >= 0.3 is 5.97 Å². The first-order valence-electron chi connectivity index (χ1n) is 11.9. The smallest absolute Gasteiger partial charge is 0.341 e. The van der Waals surface area contributed by atoms with Crippen molar-refractivity contribution in [2.45, 2.75) is 46.0 Å². The minimum absolute atomic E-state index is 0.258. The third-order valence-corrected chi connectivity index (χ3v) is 8.52. The number of nitrogen functional groups attached to an aromatic ring is 1. The molecule has 0 aliphatic heterocycles. The molecular formula is C27H27N3O3S2. The van der Waals surface area contributed by atoms with Crippen LogP contribution in [0.4, 0.5) is 10.7 Å². The Kier molecular flexibility index (Phi) is 6.58. The Morgan fingerprint density at radius 2 is 1.94 bits per heavy atom. The van der Waals surface area contributed by atoms with Gasteiger partial charge in [0.05, 0.1) is 12.3 Å². The Bertz CT molecular complexity index is 1440. The van der Waals surface area contributed by atoms with Crippen LogP contribution in [-0.2, 0) is 24.0 Å². The standard InChI is InChI=1S/C27H27N3O3S2/c1-3-5-9-16-12-13-18-22(28)23(35-25(18)29-16)24(31)30-26-21(27(32)33-4-2)20-17-10-7-6-8-15(17)11-14-19(20)34-26/h6-8,10,12-13H,3-5,9,11,14,28H2,1-2H3,(H,30,31). The fraction of sp³-hybridized carbons (Fsp3) is 0.296. The van der Waals surface area contributed by atoms with E-state index in [1.54, 1.807) is 6.92 Å². The molecule has 5 rings (SSSR count). The molecule has 3 N–H and O–H groups in total. The number of nitrogens with one attached hydrogen (secondary N) is 1. The zero-order valence-electron chi connectivity index (χ0n) is 19.8. The van der Waals surface area contributed by atoms with Gasteiger partial charge in [0, 0.05) is 21.5 Å². The molecule has 0 spiro atoms. The number of anilines is 2. The summed E-state index contributed by atoms with van der Waals surface area (Å²) in [5, 5.41) is 4.27. The molecular weight excluding hydrogens is 478 g/mol. The number of carbonyl (C=O) groups is 2. The summed E-state index contributed by atoms with van der Waals surface area (Å²) in [6.07, 6.45) is 4.77. The number of aromatic nitrogens is 1. The maximum absolute atomic E-state index is 13.4. The highest BCUT2D eigenvalue weighted by molar-refractivity contribution is 7.21. The molecule has 3 heterocycles. The quantitative estimate of drug-likeness (QED) is 0.281. The Morgan fingerprint density at radius 3 is 2.74 bits per heavy atom. The first-order valence-corrected chi connectivity index (χ1v) is 13.5. The number of thiophene rings is 2. The van der Waals surface area contributed by atoms with Gasteiger partial charge in [0.15, 0.2) is 0 Å². The fourth-order valence-electron chi connectivity index (χ4n) is 4.52. The highest BCUT2D eigenvalue weighted by Crippen LogP contribution is 2.46. The van der Waals surface area contributed by atoms with E-state index in [1.165, 1.54) is 28.2 Å². The molecule has 6 nitrogen and oxygen atoms in total. The summed E-state index contributed by atoms with van der Waals surface area (Å²) >= 11 is 2.73. The van der Waals surface area contributed by atoms with E-state index < -0.39 is 5.97 Å². The van der Waals surface area contributed by atoms with E-state index in [9.17, 15) is 9.59 Å². The number of hydrogen-bond donors (Lipinski definition) is 2. The SMILES string of the molecule is CCCCc1ccc2c(N)c(C(=O)Nc3sc4c(c3C(=O)OCC)-c3ccccc3CC4)sc2n1. The van der Waals surface area contributed by atoms with Gasteiger partial charge in [-0.3, -0.25) is 4.79 Å². The largest absolute Gasteiger partial charge is 0.462 e. The van der Waals surface area contributed by atoms with Crippen LogP contribution in [0.25, 0.3) is 21.3 Å². The summed E-state index contributed by atoms with van der Waals surface area (Å²) in [6.45, 7) is 4.19. The molecule has 0 unspecified atom stereocenters. The molecule has 0 atom stereocenters. The van der Waals surface area contributed by atoms with Crippen molar-refractivity contribution in [3.63, 3.8) is 0 Å². The molecule has 1 aromatic carbocycles. The van der Waals surface area contributed by atoms with Crippen LogP contribution >= 0.6 is 22.7 Å². The van der Waals surface area contributed by atoms with Crippen LogP contribution in [-0.4, -0.2) is 23.5 Å². The molecule has 3 aromatic heterocycles.